The van der Waals surface area contributed by atoms with Gasteiger partial charge in [-0.2, -0.15) is 5.10 Å². The van der Waals surface area contributed by atoms with E-state index in [1.165, 1.54) is 5.56 Å². The summed E-state index contributed by atoms with van der Waals surface area (Å²) in [6.45, 7) is 6.42. The van der Waals surface area contributed by atoms with Crippen molar-refractivity contribution >= 4 is 23.3 Å². The minimum absolute atomic E-state index is 0.0420. The van der Waals surface area contributed by atoms with Gasteiger partial charge in [-0.05, 0) is 35.1 Å². The third-order valence-electron chi connectivity index (χ3n) is 3.93. The van der Waals surface area contributed by atoms with E-state index in [4.69, 9.17) is 11.5 Å². The Kier molecular flexibility index (Phi) is 6.52. The smallest absolute Gasteiger partial charge is 0.211 e. The van der Waals surface area contributed by atoms with Gasteiger partial charge in [0.25, 0.3) is 0 Å². The van der Waals surface area contributed by atoms with Crippen molar-refractivity contribution in [1.82, 2.24) is 0 Å². The summed E-state index contributed by atoms with van der Waals surface area (Å²) in [6, 6.07) is 18.7. The molecule has 25 heavy (non-hydrogen) atoms. The highest BCUT2D eigenvalue weighted by Crippen LogP contribution is 2.23. The molecule has 2 rings (SSSR count). The molecule has 4 N–H and O–H groups in total. The van der Waals surface area contributed by atoms with Crippen LogP contribution >= 0.6 is 0 Å². The van der Waals surface area contributed by atoms with Crippen molar-refractivity contribution in [3.05, 3.63) is 71.3 Å². The number of benzene rings is 2. The molecule has 0 atom stereocenters. The van der Waals surface area contributed by atoms with Crippen LogP contribution in [-0.2, 0) is 0 Å². The van der Waals surface area contributed by atoms with Gasteiger partial charge in [-0.3, -0.25) is 0 Å². The average molecular weight is 334 g/mol. The number of hydrogen-bond donors (Lipinski definition) is 2. The number of allylic oxidation sites excluding steroid dienone is 1. The molecule has 0 heterocycles. The van der Waals surface area contributed by atoms with E-state index in [1.54, 1.807) is 0 Å². The fourth-order valence-corrected chi connectivity index (χ4v) is 2.53. The predicted octanol–water partition coefficient (Wildman–Crippen LogP) is 4.39. The molecule has 0 saturated carbocycles. The van der Waals surface area contributed by atoms with Crippen LogP contribution < -0.4 is 11.5 Å². The molecule has 0 unspecified atom stereocenters. The number of nitrogens with two attached hydrogens (primary N) is 2. The van der Waals surface area contributed by atoms with Crippen LogP contribution in [-0.4, -0.2) is 11.7 Å². The van der Waals surface area contributed by atoms with Crippen LogP contribution in [0.5, 0.6) is 0 Å². The quantitative estimate of drug-likeness (QED) is 0.356. The first-order valence-electron chi connectivity index (χ1n) is 8.54. The lowest BCUT2D eigenvalue weighted by atomic mass is 9.96. The number of nitrogens with zero attached hydrogens (tertiary/aromatic N) is 2. The van der Waals surface area contributed by atoms with E-state index in [1.807, 2.05) is 25.1 Å². The SMILES string of the molecule is CCC(=N\N=C(N)N)/C(=C\c1ccc(C(C)C)cc1)c1ccccc1. The molecule has 130 valence electrons. The van der Waals surface area contributed by atoms with Gasteiger partial charge in [-0.1, -0.05) is 75.4 Å². The molecule has 0 amide bonds. The highest BCUT2D eigenvalue weighted by molar-refractivity contribution is 6.28. The third kappa shape index (κ3) is 5.31. The van der Waals surface area contributed by atoms with Crippen LogP contribution in [0.25, 0.3) is 11.6 Å². The molecular formula is C21H26N4. The summed E-state index contributed by atoms with van der Waals surface area (Å²) in [4.78, 5) is 0. The van der Waals surface area contributed by atoms with E-state index in [0.717, 1.165) is 28.8 Å². The number of guanidine groups is 1. The third-order valence-corrected chi connectivity index (χ3v) is 3.93. The summed E-state index contributed by atoms with van der Waals surface area (Å²) in [6.07, 6.45) is 2.85. The molecule has 2 aromatic carbocycles. The van der Waals surface area contributed by atoms with Gasteiger partial charge >= 0.3 is 0 Å². The Balaban J connectivity index is 2.51. The van der Waals surface area contributed by atoms with Gasteiger partial charge in [0.2, 0.25) is 5.96 Å². The van der Waals surface area contributed by atoms with Crippen LogP contribution in [0.4, 0.5) is 0 Å². The molecule has 0 radical (unpaired) electrons. The highest BCUT2D eigenvalue weighted by atomic mass is 15.3. The lowest BCUT2D eigenvalue weighted by Crippen LogP contribution is -2.22. The molecule has 0 aromatic heterocycles. The Hall–Kier alpha value is -2.88. The topological polar surface area (TPSA) is 76.8 Å². The van der Waals surface area contributed by atoms with Crippen molar-refractivity contribution in [2.45, 2.75) is 33.1 Å². The van der Waals surface area contributed by atoms with Gasteiger partial charge in [-0.25, -0.2) is 0 Å². The van der Waals surface area contributed by atoms with Gasteiger partial charge in [0.15, 0.2) is 0 Å². The van der Waals surface area contributed by atoms with Crippen molar-refractivity contribution in [3.8, 4) is 0 Å². The monoisotopic (exact) mass is 334 g/mol. The van der Waals surface area contributed by atoms with Crippen LogP contribution in [0, 0.1) is 0 Å². The van der Waals surface area contributed by atoms with E-state index in [9.17, 15) is 0 Å². The maximum Gasteiger partial charge on any atom is 0.211 e. The van der Waals surface area contributed by atoms with Crippen molar-refractivity contribution < 1.29 is 0 Å². The molecule has 2 aromatic rings. The van der Waals surface area contributed by atoms with Gasteiger partial charge in [0.1, 0.15) is 0 Å². The second-order valence-corrected chi connectivity index (χ2v) is 6.17. The van der Waals surface area contributed by atoms with Crippen LogP contribution in [0.1, 0.15) is 49.8 Å². The maximum atomic E-state index is 5.43. The first-order chi connectivity index (χ1) is 12.0. The van der Waals surface area contributed by atoms with Crippen molar-refractivity contribution in [3.63, 3.8) is 0 Å². The summed E-state index contributed by atoms with van der Waals surface area (Å²) < 4.78 is 0. The van der Waals surface area contributed by atoms with Gasteiger partial charge in [0.05, 0.1) is 5.71 Å². The summed E-state index contributed by atoms with van der Waals surface area (Å²) in [5, 5.41) is 8.09. The minimum atomic E-state index is -0.0420. The fraction of sp³-hybridized carbons (Fsp3) is 0.238. The van der Waals surface area contributed by atoms with Gasteiger partial charge in [0, 0.05) is 5.57 Å². The van der Waals surface area contributed by atoms with E-state index in [-0.39, 0.29) is 5.96 Å². The van der Waals surface area contributed by atoms with Crippen LogP contribution in [0.3, 0.4) is 0 Å². The lowest BCUT2D eigenvalue weighted by molar-refractivity contribution is 0.866. The molecule has 4 nitrogen and oxygen atoms in total. The molecule has 0 bridgehead atoms. The summed E-state index contributed by atoms with van der Waals surface area (Å²) in [7, 11) is 0. The zero-order valence-electron chi connectivity index (χ0n) is 15.1. The first-order valence-corrected chi connectivity index (χ1v) is 8.54. The van der Waals surface area contributed by atoms with E-state index in [0.29, 0.717) is 5.92 Å². The Labute approximate surface area is 150 Å². The molecule has 0 fully saturated rings. The molecular weight excluding hydrogens is 308 g/mol. The average Bonchev–Trinajstić information content (AvgIpc) is 2.62. The zero-order valence-corrected chi connectivity index (χ0v) is 15.1. The lowest BCUT2D eigenvalue weighted by Gasteiger charge is -2.10. The maximum absolute atomic E-state index is 5.43. The molecule has 0 aliphatic carbocycles. The summed E-state index contributed by atoms with van der Waals surface area (Å²) >= 11 is 0. The number of hydrogen-bond acceptors (Lipinski definition) is 2. The number of rotatable bonds is 6. The Morgan fingerprint density at radius 3 is 2.12 bits per heavy atom. The summed E-state index contributed by atoms with van der Waals surface area (Å²) in [5.74, 6) is 0.473. The second kappa shape index (κ2) is 8.83. The standard InChI is InChI=1S/C21H26N4/c1-4-20(24-25-21(22)23)19(18-8-6-5-7-9-18)14-16-10-12-17(13-11-16)15(2)3/h5-15H,4H2,1-3H3,(H4,22,23,25)/b19-14-,24-20+. The highest BCUT2D eigenvalue weighted by Gasteiger charge is 2.09. The van der Waals surface area contributed by atoms with Crippen LogP contribution in [0.2, 0.25) is 0 Å². The molecule has 0 saturated heterocycles. The van der Waals surface area contributed by atoms with Gasteiger partial charge in [-0.15, -0.1) is 5.10 Å². The van der Waals surface area contributed by atoms with Gasteiger partial charge < -0.3 is 11.5 Å². The predicted molar refractivity (Wildman–Crippen MR) is 108 cm³/mol. The first kappa shape index (κ1) is 18.5. The molecule has 0 aliphatic rings. The van der Waals surface area contributed by atoms with Crippen molar-refractivity contribution in [1.29, 1.82) is 0 Å². The van der Waals surface area contributed by atoms with Crippen molar-refractivity contribution in [2.24, 2.45) is 21.7 Å². The Bertz CT molecular complexity index is 765. The Morgan fingerprint density at radius 1 is 0.960 bits per heavy atom. The van der Waals surface area contributed by atoms with Crippen LogP contribution in [0.15, 0.2) is 64.8 Å². The minimum Gasteiger partial charge on any atom is -0.369 e. The van der Waals surface area contributed by atoms with E-state index >= 15 is 0 Å². The van der Waals surface area contributed by atoms with E-state index < -0.39 is 0 Å². The van der Waals surface area contributed by atoms with E-state index in [2.05, 4.69) is 66.5 Å². The normalized spacial score (nSPS) is 12.3. The molecule has 0 spiro atoms. The fourth-order valence-electron chi connectivity index (χ4n) is 2.53. The second-order valence-electron chi connectivity index (χ2n) is 6.17. The van der Waals surface area contributed by atoms with Crippen molar-refractivity contribution in [2.75, 3.05) is 0 Å². The molecule has 0 aliphatic heterocycles. The zero-order chi connectivity index (χ0) is 18.2. The molecule has 4 heteroatoms. The Morgan fingerprint density at radius 2 is 1.60 bits per heavy atom. The largest absolute Gasteiger partial charge is 0.369 e. The summed E-state index contributed by atoms with van der Waals surface area (Å²) in [5.41, 5.74) is 16.3.